The number of nitrogens with zero attached hydrogens (tertiary/aromatic N) is 2. The van der Waals surface area contributed by atoms with E-state index >= 15 is 0 Å². The summed E-state index contributed by atoms with van der Waals surface area (Å²) >= 11 is 0. The summed E-state index contributed by atoms with van der Waals surface area (Å²) in [4.78, 5) is 6.80. The molecule has 1 atom stereocenters. The number of hydrogen-bond donors (Lipinski definition) is 1. The summed E-state index contributed by atoms with van der Waals surface area (Å²) in [5.74, 6) is 0. The first-order valence-electron chi connectivity index (χ1n) is 6.61. The van der Waals surface area contributed by atoms with Gasteiger partial charge in [-0.05, 0) is 37.8 Å². The Labute approximate surface area is 106 Å². The van der Waals surface area contributed by atoms with Crippen LogP contribution >= 0.6 is 0 Å². The van der Waals surface area contributed by atoms with Crippen LogP contribution in [0.3, 0.4) is 0 Å². The summed E-state index contributed by atoms with van der Waals surface area (Å²) in [6, 6.07) is 9.06. The van der Waals surface area contributed by atoms with Crippen molar-refractivity contribution in [3.8, 4) is 0 Å². The van der Waals surface area contributed by atoms with Gasteiger partial charge in [-0.3, -0.25) is 0 Å². The summed E-state index contributed by atoms with van der Waals surface area (Å²) in [6.45, 7) is 1.26. The minimum absolute atomic E-state index is 0.262. The molecule has 1 unspecified atom stereocenters. The molecule has 0 bridgehead atoms. The second-order valence-electron chi connectivity index (χ2n) is 4.82. The standard InChI is InChI=1S/C14H18N2O2/c17-10-4-6-11-5-3-9-16(11)14-15-12-7-1-2-8-13(12)18-14/h1-2,7-8,11,17H,3-6,9-10H2. The van der Waals surface area contributed by atoms with Crippen molar-refractivity contribution < 1.29 is 9.52 Å². The molecule has 2 aromatic rings. The third-order valence-electron chi connectivity index (χ3n) is 3.60. The van der Waals surface area contributed by atoms with E-state index in [1.54, 1.807) is 0 Å². The number of oxazole rings is 1. The van der Waals surface area contributed by atoms with E-state index in [1.807, 2.05) is 24.3 Å². The fraction of sp³-hybridized carbons (Fsp3) is 0.500. The molecule has 1 aliphatic heterocycles. The van der Waals surface area contributed by atoms with Gasteiger partial charge in [-0.1, -0.05) is 12.1 Å². The van der Waals surface area contributed by atoms with Gasteiger partial charge in [0.25, 0.3) is 6.01 Å². The van der Waals surface area contributed by atoms with Gasteiger partial charge in [0.05, 0.1) is 0 Å². The Bertz CT molecular complexity index is 490. The second kappa shape index (κ2) is 4.98. The first-order valence-corrected chi connectivity index (χ1v) is 6.61. The van der Waals surface area contributed by atoms with Crippen molar-refractivity contribution in [1.29, 1.82) is 0 Å². The normalized spacial score (nSPS) is 19.8. The summed E-state index contributed by atoms with van der Waals surface area (Å²) in [6.07, 6.45) is 4.20. The molecular formula is C14H18N2O2. The number of fused-ring (bicyclic) bond motifs is 1. The van der Waals surface area contributed by atoms with Crippen LogP contribution in [0.15, 0.2) is 28.7 Å². The molecule has 2 heterocycles. The maximum Gasteiger partial charge on any atom is 0.298 e. The highest BCUT2D eigenvalue weighted by molar-refractivity contribution is 5.74. The zero-order valence-electron chi connectivity index (χ0n) is 10.4. The quantitative estimate of drug-likeness (QED) is 0.900. The number of para-hydroxylation sites is 2. The van der Waals surface area contributed by atoms with Gasteiger partial charge < -0.3 is 14.4 Å². The zero-order chi connectivity index (χ0) is 12.4. The second-order valence-corrected chi connectivity index (χ2v) is 4.82. The van der Waals surface area contributed by atoms with Crippen molar-refractivity contribution in [2.45, 2.75) is 31.7 Å². The molecule has 1 aromatic carbocycles. The number of aromatic nitrogens is 1. The lowest BCUT2D eigenvalue weighted by Gasteiger charge is -2.22. The van der Waals surface area contributed by atoms with Crippen LogP contribution in [0, 0.1) is 0 Å². The van der Waals surface area contributed by atoms with Crippen molar-refractivity contribution in [2.24, 2.45) is 0 Å². The summed E-state index contributed by atoms with van der Waals surface area (Å²) in [5.41, 5.74) is 1.76. The molecule has 3 rings (SSSR count). The number of aliphatic hydroxyl groups excluding tert-OH is 1. The Morgan fingerprint density at radius 2 is 2.28 bits per heavy atom. The van der Waals surface area contributed by atoms with Gasteiger partial charge in [0, 0.05) is 19.2 Å². The fourth-order valence-corrected chi connectivity index (χ4v) is 2.70. The summed E-state index contributed by atoms with van der Waals surface area (Å²) in [7, 11) is 0. The maximum absolute atomic E-state index is 8.94. The van der Waals surface area contributed by atoms with E-state index in [2.05, 4.69) is 9.88 Å². The smallest absolute Gasteiger partial charge is 0.298 e. The minimum atomic E-state index is 0.262. The largest absolute Gasteiger partial charge is 0.423 e. The minimum Gasteiger partial charge on any atom is -0.423 e. The molecule has 1 aliphatic rings. The Kier molecular flexibility index (Phi) is 3.19. The average molecular weight is 246 g/mol. The van der Waals surface area contributed by atoms with Gasteiger partial charge in [-0.15, -0.1) is 0 Å². The van der Waals surface area contributed by atoms with Gasteiger partial charge in [0.2, 0.25) is 0 Å². The topological polar surface area (TPSA) is 49.5 Å². The van der Waals surface area contributed by atoms with E-state index < -0.39 is 0 Å². The van der Waals surface area contributed by atoms with Gasteiger partial charge in [0.15, 0.2) is 5.58 Å². The van der Waals surface area contributed by atoms with Crippen LogP contribution in [0.4, 0.5) is 6.01 Å². The number of hydrogen-bond acceptors (Lipinski definition) is 4. The van der Waals surface area contributed by atoms with Crippen LogP contribution < -0.4 is 4.90 Å². The van der Waals surface area contributed by atoms with E-state index in [9.17, 15) is 0 Å². The van der Waals surface area contributed by atoms with Gasteiger partial charge in [0.1, 0.15) is 5.52 Å². The number of benzene rings is 1. The molecule has 0 radical (unpaired) electrons. The van der Waals surface area contributed by atoms with Crippen LogP contribution in [0.5, 0.6) is 0 Å². The first-order chi connectivity index (χ1) is 8.88. The molecule has 18 heavy (non-hydrogen) atoms. The first kappa shape index (κ1) is 11.5. The van der Waals surface area contributed by atoms with Crippen LogP contribution in [-0.2, 0) is 0 Å². The number of rotatable bonds is 4. The lowest BCUT2D eigenvalue weighted by Crippen LogP contribution is -2.29. The van der Waals surface area contributed by atoms with Gasteiger partial charge in [-0.25, -0.2) is 0 Å². The molecule has 0 saturated carbocycles. The molecule has 1 aromatic heterocycles. The monoisotopic (exact) mass is 246 g/mol. The SMILES string of the molecule is OCCCC1CCCN1c1nc2ccccc2o1. The van der Waals surface area contributed by atoms with Crippen molar-refractivity contribution in [2.75, 3.05) is 18.1 Å². The van der Waals surface area contributed by atoms with Crippen LogP contribution in [0.1, 0.15) is 25.7 Å². The molecule has 4 nitrogen and oxygen atoms in total. The molecule has 0 aliphatic carbocycles. The summed E-state index contributed by atoms with van der Waals surface area (Å²) in [5, 5.41) is 8.94. The van der Waals surface area contributed by atoms with E-state index in [0.29, 0.717) is 6.04 Å². The van der Waals surface area contributed by atoms with Gasteiger partial charge >= 0.3 is 0 Å². The van der Waals surface area contributed by atoms with Crippen molar-refractivity contribution >= 4 is 17.1 Å². The lowest BCUT2D eigenvalue weighted by atomic mass is 10.1. The van der Waals surface area contributed by atoms with Gasteiger partial charge in [-0.2, -0.15) is 4.98 Å². The van der Waals surface area contributed by atoms with E-state index in [4.69, 9.17) is 9.52 Å². The number of anilines is 1. The average Bonchev–Trinajstić information content (AvgIpc) is 3.01. The number of aliphatic hydroxyl groups is 1. The van der Waals surface area contributed by atoms with Crippen molar-refractivity contribution in [3.63, 3.8) is 0 Å². The Morgan fingerprint density at radius 1 is 1.39 bits per heavy atom. The molecule has 0 amide bonds. The van der Waals surface area contributed by atoms with Crippen molar-refractivity contribution in [3.05, 3.63) is 24.3 Å². The Hall–Kier alpha value is -1.55. The molecule has 1 saturated heterocycles. The predicted molar refractivity (Wildman–Crippen MR) is 70.7 cm³/mol. The third kappa shape index (κ3) is 2.08. The van der Waals surface area contributed by atoms with Crippen LogP contribution in [0.25, 0.3) is 11.1 Å². The van der Waals surface area contributed by atoms with E-state index in [-0.39, 0.29) is 6.61 Å². The van der Waals surface area contributed by atoms with Crippen LogP contribution in [-0.4, -0.2) is 29.3 Å². The molecule has 4 heteroatoms. The van der Waals surface area contributed by atoms with Crippen LogP contribution in [0.2, 0.25) is 0 Å². The Morgan fingerprint density at radius 3 is 3.11 bits per heavy atom. The fourth-order valence-electron chi connectivity index (χ4n) is 2.70. The molecule has 0 spiro atoms. The van der Waals surface area contributed by atoms with Crippen molar-refractivity contribution in [1.82, 2.24) is 4.98 Å². The third-order valence-corrected chi connectivity index (χ3v) is 3.60. The lowest BCUT2D eigenvalue weighted by molar-refractivity contribution is 0.279. The maximum atomic E-state index is 8.94. The van der Waals surface area contributed by atoms with E-state index in [0.717, 1.165) is 36.5 Å². The zero-order valence-corrected chi connectivity index (χ0v) is 10.4. The molecule has 96 valence electrons. The highest BCUT2D eigenvalue weighted by atomic mass is 16.4. The van der Waals surface area contributed by atoms with E-state index in [1.165, 1.54) is 12.8 Å². The Balaban J connectivity index is 1.84. The predicted octanol–water partition coefficient (Wildman–Crippen LogP) is 2.57. The molecule has 1 N–H and O–H groups in total. The summed E-state index contributed by atoms with van der Waals surface area (Å²) < 4.78 is 5.81. The highest BCUT2D eigenvalue weighted by Crippen LogP contribution is 2.29. The molecule has 1 fully saturated rings. The highest BCUT2D eigenvalue weighted by Gasteiger charge is 2.27. The molecular weight excluding hydrogens is 228 g/mol.